The normalized spacial score (nSPS) is 32.9. The van der Waals surface area contributed by atoms with Gasteiger partial charge in [0.05, 0.1) is 18.6 Å². The average Bonchev–Trinajstić information content (AvgIpc) is 2.93. The molecular weight excluding hydrogens is 323 g/mol. The third-order valence-corrected chi connectivity index (χ3v) is 5.20. The SMILES string of the molecule is Cc1noc([C@@H]2[C@@H](C)OCCN2CC2CCC(C(F)(F)F)CC2)n1. The van der Waals surface area contributed by atoms with Crippen LogP contribution in [-0.4, -0.2) is 47.0 Å². The Hall–Kier alpha value is -1.15. The highest BCUT2D eigenvalue weighted by Crippen LogP contribution is 2.40. The van der Waals surface area contributed by atoms with Gasteiger partial charge in [-0.25, -0.2) is 0 Å². The smallest absolute Gasteiger partial charge is 0.375 e. The Balaban J connectivity index is 1.63. The molecule has 2 heterocycles. The Labute approximate surface area is 139 Å². The van der Waals surface area contributed by atoms with Crippen LogP contribution < -0.4 is 0 Å². The van der Waals surface area contributed by atoms with Crippen molar-refractivity contribution in [2.75, 3.05) is 19.7 Å². The van der Waals surface area contributed by atoms with Crippen LogP contribution in [0.5, 0.6) is 0 Å². The molecule has 2 atom stereocenters. The zero-order valence-electron chi connectivity index (χ0n) is 14.1. The molecule has 3 rings (SSSR count). The zero-order chi connectivity index (χ0) is 17.3. The molecule has 0 aromatic carbocycles. The summed E-state index contributed by atoms with van der Waals surface area (Å²) in [5.41, 5.74) is 0. The zero-order valence-corrected chi connectivity index (χ0v) is 14.1. The number of aryl methyl sites for hydroxylation is 1. The number of aromatic nitrogens is 2. The van der Waals surface area contributed by atoms with Crippen molar-refractivity contribution in [1.29, 1.82) is 0 Å². The fraction of sp³-hybridized carbons (Fsp3) is 0.875. The van der Waals surface area contributed by atoms with Gasteiger partial charge < -0.3 is 9.26 Å². The second-order valence-corrected chi connectivity index (χ2v) is 6.95. The van der Waals surface area contributed by atoms with Gasteiger partial charge in [0.1, 0.15) is 6.04 Å². The van der Waals surface area contributed by atoms with Crippen LogP contribution in [0, 0.1) is 18.8 Å². The summed E-state index contributed by atoms with van der Waals surface area (Å²) in [6.45, 7) is 5.84. The summed E-state index contributed by atoms with van der Waals surface area (Å²) in [7, 11) is 0. The highest BCUT2D eigenvalue weighted by Gasteiger charge is 2.42. The molecule has 1 saturated heterocycles. The van der Waals surface area contributed by atoms with Crippen LogP contribution >= 0.6 is 0 Å². The van der Waals surface area contributed by atoms with Gasteiger partial charge in [0.2, 0.25) is 5.89 Å². The van der Waals surface area contributed by atoms with E-state index in [1.54, 1.807) is 6.92 Å². The Morgan fingerprint density at radius 2 is 1.92 bits per heavy atom. The molecule has 0 spiro atoms. The van der Waals surface area contributed by atoms with E-state index in [-0.39, 0.29) is 30.9 Å². The molecule has 0 bridgehead atoms. The van der Waals surface area contributed by atoms with E-state index in [0.717, 1.165) is 13.1 Å². The van der Waals surface area contributed by atoms with Crippen molar-refractivity contribution in [1.82, 2.24) is 15.0 Å². The van der Waals surface area contributed by atoms with Crippen LogP contribution in [0.1, 0.15) is 50.4 Å². The van der Waals surface area contributed by atoms with E-state index in [0.29, 0.717) is 31.2 Å². The quantitative estimate of drug-likeness (QED) is 0.837. The standard InChI is InChI=1S/C16H24F3N3O2/c1-10-14(15-20-11(2)21-24-15)22(7-8-23-10)9-12-3-5-13(6-4-12)16(17,18)19/h10,12-14H,3-9H2,1-2H3/t10-,12?,13?,14+/m1/s1. The van der Waals surface area contributed by atoms with Gasteiger partial charge in [-0.15, -0.1) is 0 Å². The number of rotatable bonds is 3. The van der Waals surface area contributed by atoms with Gasteiger partial charge in [-0.2, -0.15) is 18.2 Å². The Kier molecular flexibility index (Phi) is 5.15. The van der Waals surface area contributed by atoms with Gasteiger partial charge in [0, 0.05) is 13.1 Å². The molecule has 0 unspecified atom stereocenters. The predicted octanol–water partition coefficient (Wildman–Crippen LogP) is 3.51. The highest BCUT2D eigenvalue weighted by molar-refractivity contribution is 4.98. The van der Waals surface area contributed by atoms with Gasteiger partial charge >= 0.3 is 6.18 Å². The van der Waals surface area contributed by atoms with Crippen molar-refractivity contribution in [3.05, 3.63) is 11.7 Å². The van der Waals surface area contributed by atoms with Crippen LogP contribution in [0.15, 0.2) is 4.52 Å². The van der Waals surface area contributed by atoms with Gasteiger partial charge in [-0.05, 0) is 45.4 Å². The minimum atomic E-state index is -4.05. The van der Waals surface area contributed by atoms with Crippen molar-refractivity contribution in [3.63, 3.8) is 0 Å². The summed E-state index contributed by atoms with van der Waals surface area (Å²) < 4.78 is 49.5. The van der Waals surface area contributed by atoms with E-state index in [2.05, 4.69) is 15.0 Å². The molecule has 8 heteroatoms. The second-order valence-electron chi connectivity index (χ2n) is 6.95. The lowest BCUT2D eigenvalue weighted by molar-refractivity contribution is -0.184. The van der Waals surface area contributed by atoms with E-state index in [1.807, 2.05) is 6.92 Å². The molecule has 1 aliphatic carbocycles. The molecule has 136 valence electrons. The third kappa shape index (κ3) is 3.91. The molecule has 2 aliphatic rings. The highest BCUT2D eigenvalue weighted by atomic mass is 19.4. The second kappa shape index (κ2) is 7.00. The van der Waals surface area contributed by atoms with Gasteiger partial charge in [0.25, 0.3) is 0 Å². The molecule has 5 nitrogen and oxygen atoms in total. The Morgan fingerprint density at radius 1 is 1.21 bits per heavy atom. The van der Waals surface area contributed by atoms with Crippen LogP contribution in [0.4, 0.5) is 13.2 Å². The van der Waals surface area contributed by atoms with Gasteiger partial charge in [-0.1, -0.05) is 5.16 Å². The first kappa shape index (κ1) is 17.7. The van der Waals surface area contributed by atoms with Crippen molar-refractivity contribution in [2.24, 2.45) is 11.8 Å². The number of morpholine rings is 1. The molecule has 24 heavy (non-hydrogen) atoms. The molecule has 1 aromatic rings. The van der Waals surface area contributed by atoms with E-state index in [9.17, 15) is 13.2 Å². The minimum Gasteiger partial charge on any atom is -0.375 e. The lowest BCUT2D eigenvalue weighted by Crippen LogP contribution is -2.46. The van der Waals surface area contributed by atoms with E-state index >= 15 is 0 Å². The van der Waals surface area contributed by atoms with Crippen LogP contribution in [0.2, 0.25) is 0 Å². The molecule has 0 N–H and O–H groups in total. The molecule has 1 saturated carbocycles. The third-order valence-electron chi connectivity index (χ3n) is 5.20. The Bertz CT molecular complexity index is 541. The summed E-state index contributed by atoms with van der Waals surface area (Å²) in [6, 6.07) is -0.125. The predicted molar refractivity (Wildman–Crippen MR) is 80.3 cm³/mol. The summed E-state index contributed by atoms with van der Waals surface area (Å²) in [4.78, 5) is 6.56. The van der Waals surface area contributed by atoms with E-state index in [4.69, 9.17) is 9.26 Å². The van der Waals surface area contributed by atoms with Crippen molar-refractivity contribution >= 4 is 0 Å². The molecule has 0 radical (unpaired) electrons. The molecular formula is C16H24F3N3O2. The lowest BCUT2D eigenvalue weighted by Gasteiger charge is -2.40. The van der Waals surface area contributed by atoms with Gasteiger partial charge in [0.15, 0.2) is 5.82 Å². The lowest BCUT2D eigenvalue weighted by atomic mass is 9.81. The van der Waals surface area contributed by atoms with Crippen LogP contribution in [0.3, 0.4) is 0 Å². The summed E-state index contributed by atoms with van der Waals surface area (Å²) >= 11 is 0. The summed E-state index contributed by atoms with van der Waals surface area (Å²) in [5.74, 6) is 0.254. The molecule has 1 aliphatic heterocycles. The number of halogens is 3. The average molecular weight is 347 g/mol. The maximum atomic E-state index is 12.8. The van der Waals surface area contributed by atoms with Gasteiger partial charge in [-0.3, -0.25) is 4.90 Å². The largest absolute Gasteiger partial charge is 0.391 e. The minimum absolute atomic E-state index is 0.0786. The summed E-state index contributed by atoms with van der Waals surface area (Å²) in [5, 5.41) is 3.85. The first-order valence-electron chi connectivity index (χ1n) is 8.57. The number of hydrogen-bond acceptors (Lipinski definition) is 5. The fourth-order valence-electron chi connectivity index (χ4n) is 3.88. The number of ether oxygens (including phenoxy) is 1. The number of nitrogens with zero attached hydrogens (tertiary/aromatic N) is 3. The maximum absolute atomic E-state index is 12.8. The van der Waals surface area contributed by atoms with E-state index in [1.165, 1.54) is 0 Å². The number of hydrogen-bond donors (Lipinski definition) is 0. The summed E-state index contributed by atoms with van der Waals surface area (Å²) in [6.07, 6.45) is -2.43. The van der Waals surface area contributed by atoms with Crippen molar-refractivity contribution in [3.8, 4) is 0 Å². The first-order valence-corrected chi connectivity index (χ1v) is 8.57. The fourth-order valence-corrected chi connectivity index (χ4v) is 3.88. The molecule has 0 amide bonds. The monoisotopic (exact) mass is 347 g/mol. The van der Waals surface area contributed by atoms with Crippen LogP contribution in [0.25, 0.3) is 0 Å². The first-order chi connectivity index (χ1) is 11.3. The van der Waals surface area contributed by atoms with Crippen molar-refractivity contribution < 1.29 is 22.4 Å². The molecule has 2 fully saturated rings. The van der Waals surface area contributed by atoms with Crippen molar-refractivity contribution in [2.45, 2.75) is 57.9 Å². The van der Waals surface area contributed by atoms with E-state index < -0.39 is 12.1 Å². The topological polar surface area (TPSA) is 51.4 Å². The van der Waals surface area contributed by atoms with Crippen LogP contribution in [-0.2, 0) is 4.74 Å². The maximum Gasteiger partial charge on any atom is 0.391 e. The number of alkyl halides is 3. The molecule has 1 aromatic heterocycles. The Morgan fingerprint density at radius 3 is 2.50 bits per heavy atom.